The van der Waals surface area contributed by atoms with Crippen LogP contribution in [0.3, 0.4) is 0 Å². The predicted octanol–water partition coefficient (Wildman–Crippen LogP) is 3.49. The Morgan fingerprint density at radius 2 is 1.57 bits per heavy atom. The van der Waals surface area contributed by atoms with E-state index < -0.39 is 0 Å². The second kappa shape index (κ2) is 9.46. The third kappa shape index (κ3) is 4.95. The molecule has 0 atom stereocenters. The number of carbonyl (C=O) groups excluding carboxylic acids is 1. The maximum atomic E-state index is 12.6. The molecule has 2 aromatic rings. The van der Waals surface area contributed by atoms with Crippen molar-refractivity contribution in [2.24, 2.45) is 0 Å². The van der Waals surface area contributed by atoms with Crippen LogP contribution in [0.4, 0.5) is 11.4 Å². The van der Waals surface area contributed by atoms with Gasteiger partial charge in [-0.2, -0.15) is 0 Å². The van der Waals surface area contributed by atoms with Crippen LogP contribution in [0.25, 0.3) is 0 Å². The lowest BCUT2D eigenvalue weighted by Crippen LogP contribution is -2.46. The monoisotopic (exact) mass is 383 g/mol. The van der Waals surface area contributed by atoms with Crippen LogP contribution in [0.5, 0.6) is 11.5 Å². The SMILES string of the molecule is CCCN1CCN(c2ccc(NC(=O)c3cc(OC)cc(OC)c3)cc2)CC1. The molecule has 2 aromatic carbocycles. The van der Waals surface area contributed by atoms with Crippen molar-refractivity contribution >= 4 is 17.3 Å². The van der Waals surface area contributed by atoms with E-state index in [9.17, 15) is 4.79 Å². The standard InChI is InChI=1S/C22H29N3O3/c1-4-9-24-10-12-25(13-11-24)19-7-5-18(6-8-19)23-22(26)17-14-20(27-2)16-21(15-17)28-3/h5-8,14-16H,4,9-13H2,1-3H3,(H,23,26). The third-order valence-electron chi connectivity index (χ3n) is 5.02. The van der Waals surface area contributed by atoms with E-state index in [0.29, 0.717) is 17.1 Å². The highest BCUT2D eigenvalue weighted by molar-refractivity contribution is 6.04. The number of anilines is 2. The maximum Gasteiger partial charge on any atom is 0.255 e. The zero-order valence-electron chi connectivity index (χ0n) is 16.9. The molecular weight excluding hydrogens is 354 g/mol. The quantitative estimate of drug-likeness (QED) is 0.793. The van der Waals surface area contributed by atoms with Crippen molar-refractivity contribution in [3.8, 4) is 11.5 Å². The zero-order chi connectivity index (χ0) is 19.9. The van der Waals surface area contributed by atoms with Crippen molar-refractivity contribution in [2.75, 3.05) is 57.2 Å². The molecule has 1 amide bonds. The summed E-state index contributed by atoms with van der Waals surface area (Å²) in [4.78, 5) is 17.5. The molecule has 1 N–H and O–H groups in total. The van der Waals surface area contributed by atoms with Crippen LogP contribution in [-0.2, 0) is 0 Å². The molecule has 0 unspecified atom stereocenters. The summed E-state index contributed by atoms with van der Waals surface area (Å²) in [5.41, 5.74) is 2.45. The van der Waals surface area contributed by atoms with Gasteiger partial charge in [0.1, 0.15) is 11.5 Å². The molecule has 1 heterocycles. The van der Waals surface area contributed by atoms with E-state index in [2.05, 4.69) is 34.2 Å². The summed E-state index contributed by atoms with van der Waals surface area (Å²) in [6, 6.07) is 13.2. The lowest BCUT2D eigenvalue weighted by atomic mass is 10.1. The third-order valence-corrected chi connectivity index (χ3v) is 5.02. The van der Waals surface area contributed by atoms with Gasteiger partial charge >= 0.3 is 0 Å². The van der Waals surface area contributed by atoms with Gasteiger partial charge in [-0.05, 0) is 49.4 Å². The van der Waals surface area contributed by atoms with Crippen molar-refractivity contribution in [3.05, 3.63) is 48.0 Å². The normalized spacial score (nSPS) is 14.6. The first-order chi connectivity index (χ1) is 13.6. The molecule has 28 heavy (non-hydrogen) atoms. The molecule has 3 rings (SSSR count). The molecule has 6 heteroatoms. The summed E-state index contributed by atoms with van der Waals surface area (Å²) in [7, 11) is 3.13. The molecule has 0 spiro atoms. The largest absolute Gasteiger partial charge is 0.497 e. The van der Waals surface area contributed by atoms with Crippen LogP contribution in [0, 0.1) is 0 Å². The van der Waals surface area contributed by atoms with Crippen LogP contribution >= 0.6 is 0 Å². The van der Waals surface area contributed by atoms with Crippen LogP contribution in [0.1, 0.15) is 23.7 Å². The van der Waals surface area contributed by atoms with Gasteiger partial charge in [-0.3, -0.25) is 9.69 Å². The van der Waals surface area contributed by atoms with E-state index in [-0.39, 0.29) is 5.91 Å². The summed E-state index contributed by atoms with van der Waals surface area (Å²) >= 11 is 0. The summed E-state index contributed by atoms with van der Waals surface area (Å²) in [5, 5.41) is 2.94. The molecule has 1 aliphatic heterocycles. The topological polar surface area (TPSA) is 54.0 Å². The minimum absolute atomic E-state index is 0.196. The number of rotatable bonds is 7. The van der Waals surface area contributed by atoms with Crippen molar-refractivity contribution in [2.45, 2.75) is 13.3 Å². The Bertz CT molecular complexity index is 762. The summed E-state index contributed by atoms with van der Waals surface area (Å²) < 4.78 is 10.5. The fraction of sp³-hybridized carbons (Fsp3) is 0.409. The van der Waals surface area contributed by atoms with Gasteiger partial charge in [-0.1, -0.05) is 6.92 Å². The number of hydrogen-bond donors (Lipinski definition) is 1. The number of benzene rings is 2. The van der Waals surface area contributed by atoms with Gasteiger partial charge in [0.15, 0.2) is 0 Å². The minimum Gasteiger partial charge on any atom is -0.497 e. The number of piperazine rings is 1. The molecule has 0 aliphatic carbocycles. The predicted molar refractivity (Wildman–Crippen MR) is 113 cm³/mol. The molecule has 150 valence electrons. The minimum atomic E-state index is -0.196. The second-order valence-electron chi connectivity index (χ2n) is 6.93. The molecule has 1 saturated heterocycles. The Balaban J connectivity index is 1.62. The Labute approximate surface area is 167 Å². The van der Waals surface area contributed by atoms with Gasteiger partial charge < -0.3 is 19.7 Å². The van der Waals surface area contributed by atoms with E-state index in [1.54, 1.807) is 32.4 Å². The van der Waals surface area contributed by atoms with Gasteiger partial charge in [-0.15, -0.1) is 0 Å². The summed E-state index contributed by atoms with van der Waals surface area (Å²) in [6.45, 7) is 7.67. The fourth-order valence-corrected chi connectivity index (χ4v) is 3.44. The molecule has 0 radical (unpaired) electrons. The van der Waals surface area contributed by atoms with Crippen LogP contribution < -0.4 is 19.7 Å². The Hall–Kier alpha value is -2.73. The first-order valence-electron chi connectivity index (χ1n) is 9.74. The number of carbonyl (C=O) groups is 1. The van der Waals surface area contributed by atoms with Crippen LogP contribution in [0.2, 0.25) is 0 Å². The first-order valence-corrected chi connectivity index (χ1v) is 9.74. The summed E-state index contributed by atoms with van der Waals surface area (Å²) in [6.07, 6.45) is 1.20. The first kappa shape index (κ1) is 20.0. The van der Waals surface area contributed by atoms with E-state index in [1.807, 2.05) is 12.1 Å². The number of hydrogen-bond acceptors (Lipinski definition) is 5. The number of methoxy groups -OCH3 is 2. The zero-order valence-corrected chi connectivity index (χ0v) is 16.9. The average molecular weight is 383 g/mol. The van der Waals surface area contributed by atoms with Crippen molar-refractivity contribution in [1.29, 1.82) is 0 Å². The number of amides is 1. The number of nitrogens with one attached hydrogen (secondary N) is 1. The summed E-state index contributed by atoms with van der Waals surface area (Å²) in [5.74, 6) is 0.974. The second-order valence-corrected chi connectivity index (χ2v) is 6.93. The van der Waals surface area contributed by atoms with Crippen LogP contribution in [-0.4, -0.2) is 57.8 Å². The van der Waals surface area contributed by atoms with Gasteiger partial charge in [0.05, 0.1) is 14.2 Å². The number of ether oxygens (including phenoxy) is 2. The van der Waals surface area contributed by atoms with E-state index in [0.717, 1.165) is 31.9 Å². The highest BCUT2D eigenvalue weighted by Gasteiger charge is 2.16. The molecule has 0 aromatic heterocycles. The van der Waals surface area contributed by atoms with Crippen LogP contribution in [0.15, 0.2) is 42.5 Å². The molecule has 0 bridgehead atoms. The average Bonchev–Trinajstić information content (AvgIpc) is 2.74. The molecule has 6 nitrogen and oxygen atoms in total. The van der Waals surface area contributed by atoms with E-state index in [4.69, 9.17) is 9.47 Å². The Morgan fingerprint density at radius 3 is 2.11 bits per heavy atom. The van der Waals surface area contributed by atoms with Gasteiger partial charge in [-0.25, -0.2) is 0 Å². The fourth-order valence-electron chi connectivity index (χ4n) is 3.44. The highest BCUT2D eigenvalue weighted by atomic mass is 16.5. The van der Waals surface area contributed by atoms with E-state index >= 15 is 0 Å². The van der Waals surface area contributed by atoms with Crippen molar-refractivity contribution in [3.63, 3.8) is 0 Å². The van der Waals surface area contributed by atoms with Crippen molar-refractivity contribution < 1.29 is 14.3 Å². The van der Waals surface area contributed by atoms with E-state index in [1.165, 1.54) is 18.7 Å². The Morgan fingerprint density at radius 1 is 0.964 bits per heavy atom. The van der Waals surface area contributed by atoms with Gasteiger partial charge in [0.2, 0.25) is 0 Å². The molecular formula is C22H29N3O3. The number of nitrogens with zero attached hydrogens (tertiary/aromatic N) is 2. The molecule has 1 aliphatic rings. The van der Waals surface area contributed by atoms with Gasteiger partial charge in [0, 0.05) is 49.2 Å². The molecule has 1 fully saturated rings. The van der Waals surface area contributed by atoms with Crippen molar-refractivity contribution in [1.82, 2.24) is 4.90 Å². The Kier molecular flexibility index (Phi) is 6.76. The highest BCUT2D eigenvalue weighted by Crippen LogP contribution is 2.24. The van der Waals surface area contributed by atoms with Gasteiger partial charge in [0.25, 0.3) is 5.91 Å². The lowest BCUT2D eigenvalue weighted by Gasteiger charge is -2.36. The molecule has 0 saturated carbocycles. The lowest BCUT2D eigenvalue weighted by molar-refractivity contribution is 0.102. The smallest absolute Gasteiger partial charge is 0.255 e. The maximum absolute atomic E-state index is 12.6.